The molecule has 0 saturated carbocycles. The van der Waals surface area contributed by atoms with Gasteiger partial charge in [0.15, 0.2) is 0 Å². The summed E-state index contributed by atoms with van der Waals surface area (Å²) in [6.45, 7) is 0. The number of benzene rings is 1. The molecule has 0 saturated heterocycles. The summed E-state index contributed by atoms with van der Waals surface area (Å²) in [5.74, 6) is 0. The molecule has 0 aromatic heterocycles. The van der Waals surface area contributed by atoms with Crippen LogP contribution in [-0.2, 0) is 0 Å². The predicted molar refractivity (Wildman–Crippen MR) is 51.7 cm³/mol. The van der Waals surface area contributed by atoms with Gasteiger partial charge in [0.2, 0.25) is 0 Å². The van der Waals surface area contributed by atoms with E-state index in [2.05, 4.69) is 0 Å². The molecule has 10 heavy (non-hydrogen) atoms. The molecule has 0 nitrogen and oxygen atoms in total. The summed E-state index contributed by atoms with van der Waals surface area (Å²) in [5.41, 5.74) is 2.64. The van der Waals surface area contributed by atoms with Gasteiger partial charge in [-0.15, -0.1) is 0 Å². The fourth-order valence-corrected chi connectivity index (χ4v) is 0.782. The molecule has 0 amide bonds. The maximum Gasteiger partial charge on any atom is 0.00484 e. The van der Waals surface area contributed by atoms with Crippen LogP contribution in [0.2, 0.25) is 0 Å². The third-order valence-electron chi connectivity index (χ3n) is 1.06. The van der Waals surface area contributed by atoms with E-state index in [4.69, 9.17) is 11.6 Å². The van der Waals surface area contributed by atoms with Gasteiger partial charge in [-0.1, -0.05) is 41.9 Å². The van der Waals surface area contributed by atoms with Crippen LogP contribution in [0.3, 0.4) is 0 Å². The van der Waals surface area contributed by atoms with E-state index < -0.39 is 0 Å². The summed E-state index contributed by atoms with van der Waals surface area (Å²) in [4.78, 5) is 0. The first-order valence-electron chi connectivity index (χ1n) is 2.75. The summed E-state index contributed by atoms with van der Waals surface area (Å²) in [6.07, 6.45) is 1.85. The zero-order valence-electron chi connectivity index (χ0n) is 5.42. The third-order valence-corrected chi connectivity index (χ3v) is 1.18. The van der Waals surface area contributed by atoms with Crippen molar-refractivity contribution in [3.63, 3.8) is 0 Å². The quantitative estimate of drug-likeness (QED) is 0.611. The second-order valence-electron chi connectivity index (χ2n) is 1.70. The van der Waals surface area contributed by atoms with Gasteiger partial charge in [0, 0.05) is 5.54 Å². The maximum atomic E-state index is 5.36. The smallest absolute Gasteiger partial charge is 0.00484 e. The van der Waals surface area contributed by atoms with Crippen LogP contribution in [0.5, 0.6) is 0 Å². The highest BCUT2D eigenvalue weighted by molar-refractivity contribution is 7.59. The average molecular weight is 173 g/mol. The highest BCUT2D eigenvalue weighted by Crippen LogP contribution is 2.00. The molecule has 0 aliphatic heterocycles. The number of halogens is 1. The van der Waals surface area contributed by atoms with E-state index in [0.29, 0.717) is 0 Å². The maximum absolute atomic E-state index is 5.36. The minimum atomic E-state index is 0. The molecule has 54 valence electrons. The van der Waals surface area contributed by atoms with Gasteiger partial charge in [0.25, 0.3) is 0 Å². The lowest BCUT2D eigenvalue weighted by atomic mass is 10.2. The second-order valence-corrected chi connectivity index (χ2v) is 1.96. The summed E-state index contributed by atoms with van der Waals surface area (Å²) in [5, 5.41) is 0. The Morgan fingerprint density at radius 1 is 1.10 bits per heavy atom. The van der Waals surface area contributed by atoms with E-state index in [9.17, 15) is 0 Å². The second kappa shape index (κ2) is 5.39. The van der Waals surface area contributed by atoms with E-state index in [1.54, 1.807) is 0 Å². The van der Waals surface area contributed by atoms with Crippen molar-refractivity contribution in [2.24, 2.45) is 0 Å². The van der Waals surface area contributed by atoms with Gasteiger partial charge < -0.3 is 0 Å². The van der Waals surface area contributed by atoms with Crippen molar-refractivity contribution in [1.29, 1.82) is 0 Å². The zero-order valence-corrected chi connectivity index (χ0v) is 7.18. The molecule has 0 heterocycles. The zero-order chi connectivity index (χ0) is 6.53. The van der Waals surface area contributed by atoms with Gasteiger partial charge in [0.05, 0.1) is 0 Å². The Bertz CT molecular complexity index is 194. The van der Waals surface area contributed by atoms with Gasteiger partial charge in [-0.2, -0.15) is 13.5 Å². The molecule has 0 bridgehead atoms. The molecule has 0 atom stereocenters. The highest BCUT2D eigenvalue weighted by Gasteiger charge is 1.78. The third kappa shape index (κ3) is 2.95. The normalized spacial score (nSPS) is 9.30. The molecule has 0 aliphatic carbocycles. The molecule has 1 aromatic rings. The Morgan fingerprint density at radius 3 is 2.20 bits per heavy atom. The lowest BCUT2D eigenvalue weighted by molar-refractivity contribution is 1.66. The summed E-state index contributed by atoms with van der Waals surface area (Å²) >= 11 is 5.36. The molecule has 0 radical (unpaired) electrons. The van der Waals surface area contributed by atoms with Crippen molar-refractivity contribution in [1.82, 2.24) is 0 Å². The van der Waals surface area contributed by atoms with Crippen molar-refractivity contribution in [2.45, 2.75) is 0 Å². The minimum absolute atomic E-state index is 0. The molecular weight excluding hydrogens is 164 g/mol. The van der Waals surface area contributed by atoms with Crippen LogP contribution in [0.4, 0.5) is 0 Å². The molecule has 0 unspecified atom stereocenters. The SMILES string of the molecule is ClC=Cc1ccccc1.S. The fourth-order valence-electron chi connectivity index (χ4n) is 0.637. The number of hydrogen-bond acceptors (Lipinski definition) is 0. The van der Waals surface area contributed by atoms with E-state index in [-0.39, 0.29) is 13.5 Å². The van der Waals surface area contributed by atoms with Crippen LogP contribution < -0.4 is 0 Å². The largest absolute Gasteiger partial charge is 0.197 e. The van der Waals surface area contributed by atoms with Crippen molar-refractivity contribution in [2.75, 3.05) is 0 Å². The van der Waals surface area contributed by atoms with Gasteiger partial charge >= 0.3 is 0 Å². The van der Waals surface area contributed by atoms with Crippen LogP contribution >= 0.6 is 25.1 Å². The molecule has 0 fully saturated rings. The monoisotopic (exact) mass is 172 g/mol. The Kier molecular flexibility index (Phi) is 5.17. The molecule has 0 aliphatic rings. The van der Waals surface area contributed by atoms with Crippen LogP contribution in [0.25, 0.3) is 6.08 Å². The topological polar surface area (TPSA) is 0 Å². The van der Waals surface area contributed by atoms with Gasteiger partial charge in [-0.05, 0) is 11.6 Å². The first-order valence-corrected chi connectivity index (χ1v) is 3.19. The molecular formula is C8H9ClS. The molecule has 0 N–H and O–H groups in total. The Morgan fingerprint density at radius 2 is 1.70 bits per heavy atom. The first kappa shape index (κ1) is 9.60. The van der Waals surface area contributed by atoms with Crippen LogP contribution in [0, 0.1) is 0 Å². The van der Waals surface area contributed by atoms with E-state index >= 15 is 0 Å². The number of rotatable bonds is 1. The average Bonchev–Trinajstić information content (AvgIpc) is 1.91. The van der Waals surface area contributed by atoms with Crippen LogP contribution in [0.15, 0.2) is 35.9 Å². The van der Waals surface area contributed by atoms with Crippen LogP contribution in [0.1, 0.15) is 5.56 Å². The van der Waals surface area contributed by atoms with Gasteiger partial charge in [-0.3, -0.25) is 0 Å². The first-order chi connectivity index (χ1) is 4.43. The Balaban J connectivity index is 0.000000810. The molecule has 0 spiro atoms. The summed E-state index contributed by atoms with van der Waals surface area (Å²) in [6, 6.07) is 9.93. The Labute approximate surface area is 73.0 Å². The minimum Gasteiger partial charge on any atom is -0.197 e. The van der Waals surface area contributed by atoms with E-state index in [0.717, 1.165) is 5.56 Å². The standard InChI is InChI=1S/C8H7Cl.H2S/c9-7-6-8-4-2-1-3-5-8;/h1-7H;1H2. The van der Waals surface area contributed by atoms with Crippen molar-refractivity contribution < 1.29 is 0 Å². The number of hydrogen-bond donors (Lipinski definition) is 0. The predicted octanol–water partition coefficient (Wildman–Crippen LogP) is 3.01. The van der Waals surface area contributed by atoms with Crippen molar-refractivity contribution in [3.05, 3.63) is 41.4 Å². The van der Waals surface area contributed by atoms with Gasteiger partial charge in [-0.25, -0.2) is 0 Å². The Hall–Kier alpha value is -0.400. The van der Waals surface area contributed by atoms with E-state index in [1.165, 1.54) is 5.54 Å². The lowest BCUT2D eigenvalue weighted by Crippen LogP contribution is -1.64. The van der Waals surface area contributed by atoms with Crippen molar-refractivity contribution in [3.8, 4) is 0 Å². The summed E-state index contributed by atoms with van der Waals surface area (Å²) in [7, 11) is 0. The highest BCUT2D eigenvalue weighted by atomic mass is 35.5. The van der Waals surface area contributed by atoms with Crippen molar-refractivity contribution >= 4 is 31.2 Å². The molecule has 2 heteroatoms. The fraction of sp³-hybridized carbons (Fsp3) is 0. The lowest BCUT2D eigenvalue weighted by Gasteiger charge is -1.86. The van der Waals surface area contributed by atoms with Gasteiger partial charge in [0.1, 0.15) is 0 Å². The van der Waals surface area contributed by atoms with E-state index in [1.807, 2.05) is 36.4 Å². The van der Waals surface area contributed by atoms with Crippen LogP contribution in [-0.4, -0.2) is 0 Å². The summed E-state index contributed by atoms with van der Waals surface area (Å²) < 4.78 is 0. The molecule has 1 aromatic carbocycles. The molecule has 1 rings (SSSR count).